The first-order chi connectivity index (χ1) is 17.5. The lowest BCUT2D eigenvalue weighted by atomic mass is 9.98. The van der Waals surface area contributed by atoms with Crippen LogP contribution in [0.1, 0.15) is 16.7 Å². The number of benzene rings is 2. The van der Waals surface area contributed by atoms with Crippen LogP contribution in [0.15, 0.2) is 30.6 Å². The summed E-state index contributed by atoms with van der Waals surface area (Å²) >= 11 is 0. The molecule has 2 aliphatic rings. The Kier molecular flexibility index (Phi) is 5.45. The number of rotatable bonds is 4. The third kappa shape index (κ3) is 3.70. The van der Waals surface area contributed by atoms with E-state index in [2.05, 4.69) is 43.0 Å². The van der Waals surface area contributed by atoms with Crippen molar-refractivity contribution in [2.75, 3.05) is 43.2 Å². The first kappa shape index (κ1) is 22.3. The standard InChI is InChI=1S/C26H26FN7O2/c1-13-17(11-31-25-24(13)30-5-6-36-25)16-9-19-18(23(28)22(16)27)12-32-26(33-19)34-20-7-15-10-29-4-3-14(15)8-21(20)35-2/h7-9,11-12,29-30H,3-6,10,28H2,1-2H3,(H,32,33,34). The molecular formula is C26H26FN7O2. The summed E-state index contributed by atoms with van der Waals surface area (Å²) in [5, 5.41) is 10.4. The Morgan fingerprint density at radius 1 is 1.11 bits per heavy atom. The highest BCUT2D eigenvalue weighted by molar-refractivity contribution is 5.96. The fourth-order valence-corrected chi connectivity index (χ4v) is 4.82. The molecule has 0 spiro atoms. The molecule has 0 saturated carbocycles. The zero-order valence-corrected chi connectivity index (χ0v) is 20.0. The molecule has 36 heavy (non-hydrogen) atoms. The van der Waals surface area contributed by atoms with Gasteiger partial charge < -0.3 is 31.2 Å². The smallest absolute Gasteiger partial charge is 0.237 e. The summed E-state index contributed by atoms with van der Waals surface area (Å²) in [6.45, 7) is 4.83. The minimum atomic E-state index is -0.530. The van der Waals surface area contributed by atoms with Crippen molar-refractivity contribution in [2.24, 2.45) is 0 Å². The molecule has 0 unspecified atom stereocenters. The van der Waals surface area contributed by atoms with E-state index in [9.17, 15) is 0 Å². The van der Waals surface area contributed by atoms with Crippen LogP contribution < -0.4 is 31.2 Å². The largest absolute Gasteiger partial charge is 0.495 e. The summed E-state index contributed by atoms with van der Waals surface area (Å²) in [4.78, 5) is 13.4. The summed E-state index contributed by atoms with van der Waals surface area (Å²) < 4.78 is 26.7. The van der Waals surface area contributed by atoms with Crippen LogP contribution in [0.5, 0.6) is 11.6 Å². The molecule has 0 amide bonds. The number of ether oxygens (including phenoxy) is 2. The van der Waals surface area contributed by atoms with E-state index in [1.54, 1.807) is 19.4 Å². The van der Waals surface area contributed by atoms with Gasteiger partial charge in [-0.05, 0) is 54.8 Å². The number of nitrogen functional groups attached to an aromatic ring is 1. The Bertz CT molecular complexity index is 1510. The lowest BCUT2D eigenvalue weighted by Crippen LogP contribution is -2.23. The van der Waals surface area contributed by atoms with Crippen LogP contribution in [0.3, 0.4) is 0 Å². The lowest BCUT2D eigenvalue weighted by Gasteiger charge is -2.22. The monoisotopic (exact) mass is 487 g/mol. The number of halogens is 1. The van der Waals surface area contributed by atoms with Crippen molar-refractivity contribution < 1.29 is 13.9 Å². The van der Waals surface area contributed by atoms with Crippen molar-refractivity contribution in [3.05, 3.63) is 53.1 Å². The number of fused-ring (bicyclic) bond motifs is 3. The Morgan fingerprint density at radius 2 is 2.00 bits per heavy atom. The van der Waals surface area contributed by atoms with Crippen LogP contribution >= 0.6 is 0 Å². The van der Waals surface area contributed by atoms with Gasteiger partial charge in [0.25, 0.3) is 0 Å². The fourth-order valence-electron chi connectivity index (χ4n) is 4.82. The van der Waals surface area contributed by atoms with E-state index >= 15 is 4.39 Å². The third-order valence-corrected chi connectivity index (χ3v) is 6.75. The van der Waals surface area contributed by atoms with E-state index in [0.29, 0.717) is 52.8 Å². The molecule has 4 aromatic rings. The van der Waals surface area contributed by atoms with Gasteiger partial charge in [0.05, 0.1) is 24.0 Å². The Hall–Kier alpha value is -4.18. The number of aromatic nitrogens is 3. The molecule has 0 atom stereocenters. The summed E-state index contributed by atoms with van der Waals surface area (Å²) in [6.07, 6.45) is 4.09. The molecule has 5 N–H and O–H groups in total. The third-order valence-electron chi connectivity index (χ3n) is 6.75. The molecule has 0 aliphatic carbocycles. The van der Waals surface area contributed by atoms with Gasteiger partial charge in [0.15, 0.2) is 5.82 Å². The second kappa shape index (κ2) is 8.80. The van der Waals surface area contributed by atoms with Crippen molar-refractivity contribution in [1.82, 2.24) is 20.3 Å². The number of pyridine rings is 1. The van der Waals surface area contributed by atoms with Crippen LogP contribution in [-0.4, -0.2) is 41.8 Å². The predicted molar refractivity (Wildman–Crippen MR) is 138 cm³/mol. The molecule has 9 nitrogen and oxygen atoms in total. The molecule has 0 saturated heterocycles. The molecule has 0 fully saturated rings. The summed E-state index contributed by atoms with van der Waals surface area (Å²) in [6, 6.07) is 5.78. The fraction of sp³-hybridized carbons (Fsp3) is 0.269. The minimum Gasteiger partial charge on any atom is -0.495 e. The van der Waals surface area contributed by atoms with Crippen LogP contribution in [0.25, 0.3) is 22.0 Å². The van der Waals surface area contributed by atoms with Gasteiger partial charge in [0.1, 0.15) is 18.0 Å². The molecule has 6 rings (SSSR count). The van der Waals surface area contributed by atoms with Crippen molar-refractivity contribution in [1.29, 1.82) is 0 Å². The van der Waals surface area contributed by atoms with E-state index in [1.165, 1.54) is 17.3 Å². The quantitative estimate of drug-likeness (QED) is 0.318. The van der Waals surface area contributed by atoms with Gasteiger partial charge in [0, 0.05) is 42.0 Å². The van der Waals surface area contributed by atoms with Gasteiger partial charge in [-0.3, -0.25) is 0 Å². The second-order valence-corrected chi connectivity index (χ2v) is 8.90. The average Bonchev–Trinajstić information content (AvgIpc) is 2.91. The zero-order valence-electron chi connectivity index (χ0n) is 20.0. The number of hydrogen-bond acceptors (Lipinski definition) is 9. The van der Waals surface area contributed by atoms with Gasteiger partial charge >= 0.3 is 0 Å². The maximum Gasteiger partial charge on any atom is 0.237 e. The van der Waals surface area contributed by atoms with Gasteiger partial charge in [-0.1, -0.05) is 0 Å². The maximum absolute atomic E-state index is 15.4. The molecule has 0 radical (unpaired) electrons. The lowest BCUT2D eigenvalue weighted by molar-refractivity contribution is 0.310. The summed E-state index contributed by atoms with van der Waals surface area (Å²) in [5.74, 6) is 1.05. The van der Waals surface area contributed by atoms with Crippen LogP contribution in [0.4, 0.5) is 27.4 Å². The number of methoxy groups -OCH3 is 1. The zero-order chi connectivity index (χ0) is 24.8. The summed E-state index contributed by atoms with van der Waals surface area (Å²) in [7, 11) is 1.64. The van der Waals surface area contributed by atoms with Crippen molar-refractivity contribution in [2.45, 2.75) is 19.9 Å². The van der Waals surface area contributed by atoms with E-state index in [1.807, 2.05) is 6.92 Å². The maximum atomic E-state index is 15.4. The van der Waals surface area contributed by atoms with Crippen LogP contribution in [0, 0.1) is 12.7 Å². The molecule has 2 aromatic carbocycles. The molecule has 10 heteroatoms. The van der Waals surface area contributed by atoms with E-state index in [4.69, 9.17) is 15.2 Å². The average molecular weight is 488 g/mol. The highest BCUT2D eigenvalue weighted by Crippen LogP contribution is 2.39. The van der Waals surface area contributed by atoms with Crippen LogP contribution in [0.2, 0.25) is 0 Å². The Morgan fingerprint density at radius 3 is 2.86 bits per heavy atom. The van der Waals surface area contributed by atoms with E-state index in [-0.39, 0.29) is 5.69 Å². The normalized spacial score (nSPS) is 14.4. The van der Waals surface area contributed by atoms with Gasteiger partial charge in [-0.15, -0.1) is 0 Å². The van der Waals surface area contributed by atoms with Crippen molar-refractivity contribution >= 4 is 33.9 Å². The highest BCUT2D eigenvalue weighted by atomic mass is 19.1. The molecule has 2 aliphatic heterocycles. The number of nitrogens with zero attached hydrogens (tertiary/aromatic N) is 3. The topological polar surface area (TPSA) is 119 Å². The molecule has 184 valence electrons. The SMILES string of the molecule is COc1cc2c(cc1Nc1ncc3c(N)c(F)c(-c4cnc5c(c4C)NCCO5)cc3n1)CNCC2. The summed E-state index contributed by atoms with van der Waals surface area (Å²) in [5.41, 5.74) is 12.5. The Labute approximate surface area is 207 Å². The number of nitrogens with two attached hydrogens (primary N) is 1. The highest BCUT2D eigenvalue weighted by Gasteiger charge is 2.22. The van der Waals surface area contributed by atoms with Gasteiger partial charge in [-0.2, -0.15) is 0 Å². The number of nitrogens with one attached hydrogen (secondary N) is 3. The van der Waals surface area contributed by atoms with Gasteiger partial charge in [0.2, 0.25) is 11.8 Å². The minimum absolute atomic E-state index is 0.00665. The molecular weight excluding hydrogens is 461 g/mol. The first-order valence-electron chi connectivity index (χ1n) is 11.8. The number of hydrogen-bond donors (Lipinski definition) is 4. The predicted octanol–water partition coefficient (Wildman–Crippen LogP) is 3.92. The van der Waals surface area contributed by atoms with E-state index < -0.39 is 5.82 Å². The number of anilines is 4. The Balaban J connectivity index is 1.42. The second-order valence-electron chi connectivity index (χ2n) is 8.90. The van der Waals surface area contributed by atoms with E-state index in [0.717, 1.165) is 36.4 Å². The van der Waals surface area contributed by atoms with Crippen molar-refractivity contribution in [3.63, 3.8) is 0 Å². The molecule has 4 heterocycles. The van der Waals surface area contributed by atoms with Crippen LogP contribution in [-0.2, 0) is 13.0 Å². The first-order valence-corrected chi connectivity index (χ1v) is 11.8. The van der Waals surface area contributed by atoms with Crippen molar-refractivity contribution in [3.8, 4) is 22.8 Å². The van der Waals surface area contributed by atoms with Gasteiger partial charge in [-0.25, -0.2) is 19.3 Å². The molecule has 2 aromatic heterocycles. The molecule has 0 bridgehead atoms.